The Kier molecular flexibility index (Phi) is 10.5. The Labute approximate surface area is 253 Å². The highest BCUT2D eigenvalue weighted by Gasteiger charge is 2.34. The number of phenolic OH excluding ortho intramolecular Hbond substituents is 1. The lowest BCUT2D eigenvalue weighted by molar-refractivity contribution is 0.0514. The van der Waals surface area contributed by atoms with Gasteiger partial charge in [-0.25, -0.2) is 0 Å². The van der Waals surface area contributed by atoms with Gasteiger partial charge >= 0.3 is 0 Å². The molecule has 0 radical (unpaired) electrons. The van der Waals surface area contributed by atoms with Crippen molar-refractivity contribution in [2.24, 2.45) is 17.8 Å². The number of rotatable bonds is 13. The summed E-state index contributed by atoms with van der Waals surface area (Å²) in [4.78, 5) is 13.5. The Morgan fingerprint density at radius 3 is 2.19 bits per heavy atom. The number of ether oxygens (including phenoxy) is 1. The smallest absolute Gasteiger partial charge is 0.200 e. The molecule has 0 aliphatic carbocycles. The van der Waals surface area contributed by atoms with Crippen LogP contribution in [0.15, 0.2) is 33.7 Å². The van der Waals surface area contributed by atoms with Crippen LogP contribution in [-0.4, -0.2) is 10.7 Å². The molecule has 0 amide bonds. The van der Waals surface area contributed by atoms with Crippen LogP contribution < -0.4 is 10.2 Å². The van der Waals surface area contributed by atoms with Gasteiger partial charge < -0.3 is 14.3 Å². The summed E-state index contributed by atoms with van der Waals surface area (Å²) in [6, 6.07) is 4.66. The van der Waals surface area contributed by atoms with Crippen LogP contribution in [-0.2, 0) is 6.42 Å². The van der Waals surface area contributed by atoms with Crippen LogP contribution in [0.25, 0.3) is 22.1 Å². The van der Waals surface area contributed by atoms with Gasteiger partial charge in [-0.3, -0.25) is 4.79 Å². The molecule has 4 nitrogen and oxygen atoms in total. The molecule has 0 fully saturated rings. The Bertz CT molecular complexity index is 1430. The molecule has 2 heterocycles. The summed E-state index contributed by atoms with van der Waals surface area (Å²) in [5.41, 5.74) is 6.18. The Balaban J connectivity index is 1.38. The molecule has 0 saturated carbocycles. The monoisotopic (exact) mass is 574 g/mol. The Hall–Kier alpha value is -2.75. The zero-order valence-corrected chi connectivity index (χ0v) is 27.5. The molecule has 0 saturated heterocycles. The molecule has 1 aliphatic rings. The van der Waals surface area contributed by atoms with E-state index in [-0.39, 0.29) is 16.8 Å². The van der Waals surface area contributed by atoms with Crippen LogP contribution in [0.2, 0.25) is 0 Å². The van der Waals surface area contributed by atoms with Gasteiger partial charge in [-0.2, -0.15) is 0 Å². The van der Waals surface area contributed by atoms with Crippen molar-refractivity contribution < 1.29 is 14.3 Å². The van der Waals surface area contributed by atoms with Crippen molar-refractivity contribution in [3.05, 3.63) is 56.9 Å². The maximum atomic E-state index is 13.5. The molecular weight excluding hydrogens is 520 g/mol. The predicted octanol–water partition coefficient (Wildman–Crippen LogP) is 10.6. The van der Waals surface area contributed by atoms with Crippen LogP contribution in [0.4, 0.5) is 0 Å². The van der Waals surface area contributed by atoms with E-state index in [2.05, 4.69) is 55.4 Å². The zero-order chi connectivity index (χ0) is 30.6. The number of benzene rings is 2. The molecule has 42 heavy (non-hydrogen) atoms. The summed E-state index contributed by atoms with van der Waals surface area (Å²) in [5, 5.41) is 10.3. The highest BCUT2D eigenvalue weighted by Crippen LogP contribution is 2.45. The number of hydrogen-bond acceptors (Lipinski definition) is 4. The first-order chi connectivity index (χ1) is 19.9. The summed E-state index contributed by atoms with van der Waals surface area (Å²) in [7, 11) is 0. The van der Waals surface area contributed by atoms with Crippen molar-refractivity contribution in [2.75, 3.05) is 0 Å². The lowest BCUT2D eigenvalue weighted by atomic mass is 9.81. The molecule has 4 heteroatoms. The fourth-order valence-corrected chi connectivity index (χ4v) is 6.98. The second-order valence-corrected chi connectivity index (χ2v) is 14.1. The van der Waals surface area contributed by atoms with Gasteiger partial charge in [-0.1, -0.05) is 72.6 Å². The second kappa shape index (κ2) is 13.7. The largest absolute Gasteiger partial charge is 0.508 e. The van der Waals surface area contributed by atoms with E-state index in [0.29, 0.717) is 16.5 Å². The van der Waals surface area contributed by atoms with Gasteiger partial charge in [0.25, 0.3) is 0 Å². The average Bonchev–Trinajstić information content (AvgIpc) is 2.92. The maximum absolute atomic E-state index is 13.5. The molecule has 3 aromatic rings. The minimum atomic E-state index is -0.160. The van der Waals surface area contributed by atoms with Gasteiger partial charge in [0.2, 0.25) is 5.43 Å². The summed E-state index contributed by atoms with van der Waals surface area (Å²) in [6.07, 6.45) is 15.2. The van der Waals surface area contributed by atoms with Crippen LogP contribution in [0, 0.1) is 38.5 Å². The summed E-state index contributed by atoms with van der Waals surface area (Å²) in [6.45, 7) is 18.1. The van der Waals surface area contributed by atoms with Crippen molar-refractivity contribution in [2.45, 2.75) is 132 Å². The molecule has 1 N–H and O–H groups in total. The van der Waals surface area contributed by atoms with Crippen molar-refractivity contribution in [1.29, 1.82) is 0 Å². The van der Waals surface area contributed by atoms with E-state index in [1.54, 1.807) is 12.3 Å². The van der Waals surface area contributed by atoms with E-state index in [1.807, 2.05) is 0 Å². The third kappa shape index (κ3) is 7.41. The van der Waals surface area contributed by atoms with Crippen LogP contribution in [0.1, 0.15) is 121 Å². The first-order valence-corrected chi connectivity index (χ1v) is 16.5. The normalized spacial score (nSPS) is 18.2. The van der Waals surface area contributed by atoms with Crippen LogP contribution in [0.5, 0.6) is 11.5 Å². The van der Waals surface area contributed by atoms with Gasteiger partial charge in [0.05, 0.1) is 10.9 Å². The van der Waals surface area contributed by atoms with E-state index in [1.165, 1.54) is 69.1 Å². The zero-order valence-electron chi connectivity index (χ0n) is 27.5. The number of hydrogen-bond donors (Lipinski definition) is 1. The van der Waals surface area contributed by atoms with E-state index < -0.39 is 0 Å². The molecule has 1 aromatic heterocycles. The number of fused-ring (bicyclic) bond motifs is 2. The highest BCUT2D eigenvalue weighted by atomic mass is 16.5. The van der Waals surface area contributed by atoms with Crippen molar-refractivity contribution in [3.63, 3.8) is 0 Å². The summed E-state index contributed by atoms with van der Waals surface area (Å²) < 4.78 is 12.7. The highest BCUT2D eigenvalue weighted by molar-refractivity contribution is 5.85. The predicted molar refractivity (Wildman–Crippen MR) is 176 cm³/mol. The van der Waals surface area contributed by atoms with E-state index in [4.69, 9.17) is 9.15 Å². The standard InChI is InChI=1S/C38H54O4/c1-24(2)12-9-13-25(3)14-10-15-26(4)16-11-20-38(8)21-19-31-29(7)35(27(5)28(6)37(31)42-38)33-23-41-34-22-30(39)17-18-32(34)36(33)40/h17-18,22-26,39H,9-16,19-21H2,1-8H3/t25-,26-,38+/m0/s1. The molecular formula is C38H54O4. The average molecular weight is 575 g/mol. The van der Waals surface area contributed by atoms with Crippen molar-refractivity contribution in [1.82, 2.24) is 0 Å². The lowest BCUT2D eigenvalue weighted by Gasteiger charge is -2.38. The van der Waals surface area contributed by atoms with E-state index in [0.717, 1.165) is 65.0 Å². The third-order valence-corrected chi connectivity index (χ3v) is 9.93. The molecule has 4 rings (SSSR count). The Morgan fingerprint density at radius 1 is 0.881 bits per heavy atom. The second-order valence-electron chi connectivity index (χ2n) is 14.1. The third-order valence-electron chi connectivity index (χ3n) is 9.93. The Morgan fingerprint density at radius 2 is 1.52 bits per heavy atom. The first kappa shape index (κ1) is 32.2. The van der Waals surface area contributed by atoms with Gasteiger partial charge in [0.1, 0.15) is 28.9 Å². The van der Waals surface area contributed by atoms with Crippen LogP contribution >= 0.6 is 0 Å². The molecule has 0 spiro atoms. The van der Waals surface area contributed by atoms with Gasteiger partial charge in [-0.15, -0.1) is 0 Å². The fourth-order valence-electron chi connectivity index (χ4n) is 6.98. The van der Waals surface area contributed by atoms with E-state index in [9.17, 15) is 9.90 Å². The van der Waals surface area contributed by atoms with Gasteiger partial charge in [0.15, 0.2) is 0 Å². The summed E-state index contributed by atoms with van der Waals surface area (Å²) in [5.74, 6) is 3.54. The fraction of sp³-hybridized carbons (Fsp3) is 0.605. The van der Waals surface area contributed by atoms with Gasteiger partial charge in [0, 0.05) is 6.07 Å². The number of phenols is 1. The quantitative estimate of drug-likeness (QED) is 0.221. The molecule has 1 aliphatic heterocycles. The van der Waals surface area contributed by atoms with Crippen LogP contribution in [0.3, 0.4) is 0 Å². The summed E-state index contributed by atoms with van der Waals surface area (Å²) >= 11 is 0. The van der Waals surface area contributed by atoms with E-state index >= 15 is 0 Å². The minimum Gasteiger partial charge on any atom is -0.508 e. The van der Waals surface area contributed by atoms with Gasteiger partial charge in [-0.05, 0) is 111 Å². The minimum absolute atomic E-state index is 0.0712. The molecule has 0 unspecified atom stereocenters. The molecule has 230 valence electrons. The van der Waals surface area contributed by atoms with Crippen molar-refractivity contribution >= 4 is 11.0 Å². The molecule has 2 aromatic carbocycles. The number of aromatic hydroxyl groups is 1. The lowest BCUT2D eigenvalue weighted by Crippen LogP contribution is -2.37. The SMILES string of the molecule is Cc1c(C)c(-c2coc3cc(O)ccc3c2=O)c(C)c2c1O[C@](C)(CCC[C@@H](C)CCC[C@@H](C)CCCC(C)C)CC2. The molecule has 3 atom stereocenters. The molecule has 0 bridgehead atoms. The first-order valence-electron chi connectivity index (χ1n) is 16.5. The van der Waals surface area contributed by atoms with Crippen molar-refractivity contribution in [3.8, 4) is 22.6 Å². The topological polar surface area (TPSA) is 59.7 Å². The maximum Gasteiger partial charge on any atom is 0.200 e.